The van der Waals surface area contributed by atoms with Crippen LogP contribution in [-0.2, 0) is 6.42 Å². The van der Waals surface area contributed by atoms with E-state index in [1.165, 1.54) is 0 Å². The number of hydrogen-bond acceptors (Lipinski definition) is 4. The van der Waals surface area contributed by atoms with Gasteiger partial charge in [0.05, 0.1) is 17.3 Å². The third-order valence-electron chi connectivity index (χ3n) is 6.13. The molecule has 6 heteroatoms. The lowest BCUT2D eigenvalue weighted by Gasteiger charge is -2.35. The minimum atomic E-state index is -0.412. The van der Waals surface area contributed by atoms with Crippen molar-refractivity contribution in [2.45, 2.75) is 33.2 Å². The molecule has 1 N–H and O–H groups in total. The largest absolute Gasteiger partial charge is 0.334 e. The van der Waals surface area contributed by atoms with Crippen LogP contribution < -0.4 is 10.2 Å². The fourth-order valence-corrected chi connectivity index (χ4v) is 4.38. The SMILES string of the molecule is CCc1cccc(N2C(=O)NC(c3ccccc3)C(c3nc(-c4cccc(C)c4)no3)=C2C)c1. The first-order valence-corrected chi connectivity index (χ1v) is 11.4. The maximum atomic E-state index is 13.3. The van der Waals surface area contributed by atoms with Crippen LogP contribution in [0, 0.1) is 6.92 Å². The second-order valence-electron chi connectivity index (χ2n) is 8.44. The summed E-state index contributed by atoms with van der Waals surface area (Å²) in [5.41, 5.74) is 6.44. The van der Waals surface area contributed by atoms with Crippen molar-refractivity contribution in [3.8, 4) is 11.4 Å². The van der Waals surface area contributed by atoms with Gasteiger partial charge in [0.2, 0.25) is 5.82 Å². The number of carbonyl (C=O) groups is 1. The van der Waals surface area contributed by atoms with E-state index in [0.717, 1.165) is 45.6 Å². The van der Waals surface area contributed by atoms with Crippen LogP contribution in [0.1, 0.15) is 42.5 Å². The van der Waals surface area contributed by atoms with Crippen molar-refractivity contribution >= 4 is 17.3 Å². The van der Waals surface area contributed by atoms with E-state index < -0.39 is 6.04 Å². The lowest BCUT2D eigenvalue weighted by Crippen LogP contribution is -2.46. The van der Waals surface area contributed by atoms with Crippen LogP contribution in [0.5, 0.6) is 0 Å². The number of anilines is 1. The Kier molecular flexibility index (Phi) is 5.72. The number of rotatable bonds is 5. The Morgan fingerprint density at radius 1 is 0.971 bits per heavy atom. The van der Waals surface area contributed by atoms with Crippen molar-refractivity contribution in [2.75, 3.05) is 4.90 Å². The van der Waals surface area contributed by atoms with Crippen molar-refractivity contribution < 1.29 is 9.32 Å². The van der Waals surface area contributed by atoms with Crippen LogP contribution in [0.2, 0.25) is 0 Å². The number of aryl methyl sites for hydroxylation is 2. The average Bonchev–Trinajstić information content (AvgIpc) is 3.34. The van der Waals surface area contributed by atoms with Gasteiger partial charge in [-0.15, -0.1) is 0 Å². The molecule has 0 bridgehead atoms. The molecule has 3 aromatic carbocycles. The average molecular weight is 451 g/mol. The zero-order chi connectivity index (χ0) is 23.7. The Balaban J connectivity index is 1.66. The van der Waals surface area contributed by atoms with E-state index in [-0.39, 0.29) is 6.03 Å². The minimum absolute atomic E-state index is 0.193. The van der Waals surface area contributed by atoms with E-state index in [1.807, 2.05) is 86.6 Å². The molecule has 4 aromatic rings. The van der Waals surface area contributed by atoms with E-state index in [1.54, 1.807) is 4.90 Å². The Bertz CT molecular complexity index is 1370. The second-order valence-corrected chi connectivity index (χ2v) is 8.44. The molecule has 2 amide bonds. The predicted octanol–water partition coefficient (Wildman–Crippen LogP) is 6.31. The summed E-state index contributed by atoms with van der Waals surface area (Å²) >= 11 is 0. The number of nitrogens with zero attached hydrogens (tertiary/aromatic N) is 3. The van der Waals surface area contributed by atoms with Crippen LogP contribution in [0.3, 0.4) is 0 Å². The predicted molar refractivity (Wildman–Crippen MR) is 133 cm³/mol. The molecule has 6 nitrogen and oxygen atoms in total. The Labute approximate surface area is 198 Å². The van der Waals surface area contributed by atoms with Gasteiger partial charge in [0, 0.05) is 11.3 Å². The Hall–Kier alpha value is -4.19. The molecule has 170 valence electrons. The molecule has 1 aliphatic rings. The normalized spacial score (nSPS) is 16.0. The van der Waals surface area contributed by atoms with Gasteiger partial charge in [-0.2, -0.15) is 4.98 Å². The maximum Gasteiger partial charge on any atom is 0.326 e. The lowest BCUT2D eigenvalue weighted by atomic mass is 9.94. The van der Waals surface area contributed by atoms with Crippen LogP contribution >= 0.6 is 0 Å². The van der Waals surface area contributed by atoms with Crippen LogP contribution in [0.15, 0.2) is 89.1 Å². The molecule has 0 saturated carbocycles. The summed E-state index contributed by atoms with van der Waals surface area (Å²) in [5.74, 6) is 0.904. The third kappa shape index (κ3) is 3.99. The number of nitrogens with one attached hydrogen (secondary N) is 1. The molecule has 1 unspecified atom stereocenters. The van der Waals surface area contributed by atoms with Gasteiger partial charge in [0.1, 0.15) is 0 Å². The molecular formula is C28H26N4O2. The molecule has 1 atom stereocenters. The summed E-state index contributed by atoms with van der Waals surface area (Å²) in [4.78, 5) is 19.8. The highest BCUT2D eigenvalue weighted by Crippen LogP contribution is 2.39. The molecule has 2 heterocycles. The molecular weight excluding hydrogens is 424 g/mol. The van der Waals surface area contributed by atoms with E-state index in [0.29, 0.717) is 11.7 Å². The van der Waals surface area contributed by atoms with Gasteiger partial charge in [-0.1, -0.05) is 78.3 Å². The molecule has 0 saturated heterocycles. The highest BCUT2D eigenvalue weighted by atomic mass is 16.5. The third-order valence-corrected chi connectivity index (χ3v) is 6.13. The van der Waals surface area contributed by atoms with Crippen molar-refractivity contribution in [1.29, 1.82) is 0 Å². The number of allylic oxidation sites excluding steroid dienone is 1. The lowest BCUT2D eigenvalue weighted by molar-refractivity contribution is 0.244. The standard InChI is InChI=1S/C28H26N4O2/c1-4-20-11-9-15-23(17-20)32-19(3)24(25(29-28(32)33)21-12-6-5-7-13-21)27-30-26(31-34-27)22-14-8-10-18(2)16-22/h5-17,25H,4H2,1-3H3,(H,29,33). The number of urea groups is 1. The molecule has 1 aliphatic heterocycles. The van der Waals surface area contributed by atoms with Crippen LogP contribution in [-0.4, -0.2) is 16.2 Å². The first-order chi connectivity index (χ1) is 16.5. The molecule has 1 aromatic heterocycles. The Morgan fingerprint density at radius 2 is 1.76 bits per heavy atom. The minimum Gasteiger partial charge on any atom is -0.334 e. The summed E-state index contributed by atoms with van der Waals surface area (Å²) < 4.78 is 5.79. The molecule has 0 aliphatic carbocycles. The highest BCUT2D eigenvalue weighted by molar-refractivity contribution is 6.01. The molecule has 34 heavy (non-hydrogen) atoms. The van der Waals surface area contributed by atoms with E-state index >= 15 is 0 Å². The first kappa shape index (κ1) is 21.6. The van der Waals surface area contributed by atoms with Crippen molar-refractivity contribution in [3.05, 3.63) is 107 Å². The van der Waals surface area contributed by atoms with E-state index in [9.17, 15) is 4.79 Å². The van der Waals surface area contributed by atoms with E-state index in [2.05, 4.69) is 23.5 Å². The fraction of sp³-hybridized carbons (Fsp3) is 0.179. The topological polar surface area (TPSA) is 71.3 Å². The number of carbonyl (C=O) groups excluding carboxylic acids is 1. The van der Waals surface area contributed by atoms with Crippen LogP contribution in [0.4, 0.5) is 10.5 Å². The summed E-state index contributed by atoms with van der Waals surface area (Å²) in [6, 6.07) is 25.2. The second kappa shape index (κ2) is 8.98. The van der Waals surface area contributed by atoms with Gasteiger partial charge in [-0.3, -0.25) is 4.90 Å². The first-order valence-electron chi connectivity index (χ1n) is 11.4. The number of aromatic nitrogens is 2. The van der Waals surface area contributed by atoms with Gasteiger partial charge in [0.25, 0.3) is 5.89 Å². The zero-order valence-corrected chi connectivity index (χ0v) is 19.4. The molecule has 5 rings (SSSR count). The van der Waals surface area contributed by atoms with E-state index in [4.69, 9.17) is 9.51 Å². The van der Waals surface area contributed by atoms with Gasteiger partial charge in [-0.25, -0.2) is 4.79 Å². The maximum absolute atomic E-state index is 13.3. The Morgan fingerprint density at radius 3 is 2.53 bits per heavy atom. The summed E-state index contributed by atoms with van der Waals surface area (Å²) in [5, 5.41) is 7.42. The molecule has 0 spiro atoms. The fourth-order valence-electron chi connectivity index (χ4n) is 4.38. The van der Waals surface area contributed by atoms with Crippen molar-refractivity contribution in [3.63, 3.8) is 0 Å². The summed E-state index contributed by atoms with van der Waals surface area (Å²) in [6.45, 7) is 6.06. The van der Waals surface area contributed by atoms with Gasteiger partial charge in [0.15, 0.2) is 0 Å². The summed E-state index contributed by atoms with van der Waals surface area (Å²) in [7, 11) is 0. The molecule has 0 radical (unpaired) electrons. The summed E-state index contributed by atoms with van der Waals surface area (Å²) in [6.07, 6.45) is 0.884. The van der Waals surface area contributed by atoms with Gasteiger partial charge < -0.3 is 9.84 Å². The number of amides is 2. The smallest absolute Gasteiger partial charge is 0.326 e. The van der Waals surface area contributed by atoms with Gasteiger partial charge in [-0.05, 0) is 49.6 Å². The van der Waals surface area contributed by atoms with Crippen molar-refractivity contribution in [1.82, 2.24) is 15.5 Å². The highest BCUT2D eigenvalue weighted by Gasteiger charge is 2.36. The zero-order valence-electron chi connectivity index (χ0n) is 19.4. The van der Waals surface area contributed by atoms with Crippen LogP contribution in [0.25, 0.3) is 17.0 Å². The quantitative estimate of drug-likeness (QED) is 0.387. The van der Waals surface area contributed by atoms with Gasteiger partial charge >= 0.3 is 6.03 Å². The number of benzene rings is 3. The monoisotopic (exact) mass is 450 g/mol. The number of hydrogen-bond donors (Lipinski definition) is 1. The molecule has 0 fully saturated rings. The van der Waals surface area contributed by atoms with Crippen molar-refractivity contribution in [2.24, 2.45) is 0 Å².